The molecule has 1 aliphatic rings. The lowest BCUT2D eigenvalue weighted by Crippen LogP contribution is -2.43. The standard InChI is InChI=1S/C16H23N3O2/c1-3-14-11-18(2)9-4-10-19(14)16(21)13-7-5-12(6-8-13)15(17)20/h5-8,14H,3-4,9-11H2,1-2H3,(H2,17,20). The first kappa shape index (κ1) is 15.5. The maximum Gasteiger partial charge on any atom is 0.254 e. The zero-order chi connectivity index (χ0) is 15.4. The highest BCUT2D eigenvalue weighted by atomic mass is 16.2. The van der Waals surface area contributed by atoms with Gasteiger partial charge in [-0.2, -0.15) is 0 Å². The van der Waals surface area contributed by atoms with E-state index in [-0.39, 0.29) is 11.9 Å². The van der Waals surface area contributed by atoms with Crippen LogP contribution in [0, 0.1) is 0 Å². The molecule has 1 unspecified atom stereocenters. The van der Waals surface area contributed by atoms with Gasteiger partial charge in [0, 0.05) is 30.3 Å². The predicted octanol–water partition coefficient (Wildman–Crippen LogP) is 1.34. The van der Waals surface area contributed by atoms with Crippen molar-refractivity contribution in [1.29, 1.82) is 0 Å². The number of nitrogens with zero attached hydrogens (tertiary/aromatic N) is 2. The lowest BCUT2D eigenvalue weighted by atomic mass is 10.1. The molecule has 0 radical (unpaired) electrons. The second-order valence-electron chi connectivity index (χ2n) is 5.62. The summed E-state index contributed by atoms with van der Waals surface area (Å²) in [4.78, 5) is 28.0. The molecule has 1 aromatic carbocycles. The van der Waals surface area contributed by atoms with E-state index in [9.17, 15) is 9.59 Å². The Bertz CT molecular complexity index is 513. The van der Waals surface area contributed by atoms with Crippen LogP contribution in [0.25, 0.3) is 0 Å². The summed E-state index contributed by atoms with van der Waals surface area (Å²) in [6, 6.07) is 6.83. The number of carbonyl (C=O) groups excluding carboxylic acids is 2. The van der Waals surface area contributed by atoms with E-state index in [1.54, 1.807) is 24.3 Å². The van der Waals surface area contributed by atoms with Gasteiger partial charge in [-0.3, -0.25) is 9.59 Å². The van der Waals surface area contributed by atoms with Gasteiger partial charge in [0.2, 0.25) is 5.91 Å². The van der Waals surface area contributed by atoms with Crippen LogP contribution in [0.3, 0.4) is 0 Å². The van der Waals surface area contributed by atoms with Gasteiger partial charge in [0.15, 0.2) is 0 Å². The summed E-state index contributed by atoms with van der Waals surface area (Å²) in [5, 5.41) is 0. The molecule has 1 fully saturated rings. The molecule has 1 aromatic rings. The summed E-state index contributed by atoms with van der Waals surface area (Å²) < 4.78 is 0. The zero-order valence-electron chi connectivity index (χ0n) is 12.7. The van der Waals surface area contributed by atoms with Crippen molar-refractivity contribution in [2.75, 3.05) is 26.7 Å². The highest BCUT2D eigenvalue weighted by Gasteiger charge is 2.26. The summed E-state index contributed by atoms with van der Waals surface area (Å²) in [6.07, 6.45) is 1.92. The number of hydrogen-bond donors (Lipinski definition) is 1. The third-order valence-electron chi connectivity index (χ3n) is 4.05. The first-order chi connectivity index (χ1) is 10.0. The van der Waals surface area contributed by atoms with Gasteiger partial charge in [0.25, 0.3) is 5.91 Å². The Morgan fingerprint density at radius 2 is 1.81 bits per heavy atom. The number of amides is 2. The third kappa shape index (κ3) is 3.61. The minimum atomic E-state index is -0.475. The van der Waals surface area contributed by atoms with E-state index in [0.717, 1.165) is 32.5 Å². The van der Waals surface area contributed by atoms with Crippen LogP contribution in [0.2, 0.25) is 0 Å². The lowest BCUT2D eigenvalue weighted by Gasteiger charge is -2.30. The molecule has 21 heavy (non-hydrogen) atoms. The van der Waals surface area contributed by atoms with E-state index in [0.29, 0.717) is 11.1 Å². The molecule has 2 rings (SSSR count). The molecular formula is C16H23N3O2. The fourth-order valence-electron chi connectivity index (χ4n) is 2.80. The molecule has 0 bridgehead atoms. The van der Waals surface area contributed by atoms with E-state index >= 15 is 0 Å². The van der Waals surface area contributed by atoms with E-state index in [1.165, 1.54) is 0 Å². The van der Waals surface area contributed by atoms with E-state index in [1.807, 2.05) is 4.90 Å². The van der Waals surface area contributed by atoms with Crippen LogP contribution in [-0.4, -0.2) is 54.3 Å². The summed E-state index contributed by atoms with van der Waals surface area (Å²) in [6.45, 7) is 4.81. The maximum atomic E-state index is 12.7. The molecule has 0 aliphatic carbocycles. The van der Waals surface area contributed by atoms with Crippen LogP contribution >= 0.6 is 0 Å². The number of hydrogen-bond acceptors (Lipinski definition) is 3. The van der Waals surface area contributed by atoms with Crippen molar-refractivity contribution >= 4 is 11.8 Å². The topological polar surface area (TPSA) is 66.6 Å². The van der Waals surface area contributed by atoms with Crippen molar-refractivity contribution < 1.29 is 9.59 Å². The smallest absolute Gasteiger partial charge is 0.254 e. The predicted molar refractivity (Wildman–Crippen MR) is 82.2 cm³/mol. The molecule has 0 spiro atoms. The van der Waals surface area contributed by atoms with Gasteiger partial charge in [-0.05, 0) is 50.7 Å². The van der Waals surface area contributed by atoms with Crippen LogP contribution in [-0.2, 0) is 0 Å². The second-order valence-corrected chi connectivity index (χ2v) is 5.62. The van der Waals surface area contributed by atoms with Gasteiger partial charge in [0.05, 0.1) is 0 Å². The van der Waals surface area contributed by atoms with Crippen LogP contribution in [0.15, 0.2) is 24.3 Å². The SMILES string of the molecule is CCC1CN(C)CCCN1C(=O)c1ccc(C(N)=O)cc1. The normalized spacial score (nSPS) is 20.1. The Hall–Kier alpha value is -1.88. The van der Waals surface area contributed by atoms with E-state index < -0.39 is 5.91 Å². The Morgan fingerprint density at radius 3 is 2.38 bits per heavy atom. The molecule has 2 amide bonds. The Balaban J connectivity index is 2.18. The first-order valence-electron chi connectivity index (χ1n) is 7.42. The number of likely N-dealkylation sites (N-methyl/N-ethyl adjacent to an activating group) is 1. The summed E-state index contributed by atoms with van der Waals surface area (Å²) in [5.74, 6) is -0.440. The Labute approximate surface area is 125 Å². The van der Waals surface area contributed by atoms with Crippen molar-refractivity contribution in [2.45, 2.75) is 25.8 Å². The first-order valence-corrected chi connectivity index (χ1v) is 7.42. The van der Waals surface area contributed by atoms with Crippen molar-refractivity contribution in [1.82, 2.24) is 9.80 Å². The molecule has 0 saturated carbocycles. The van der Waals surface area contributed by atoms with Crippen LogP contribution in [0.5, 0.6) is 0 Å². The summed E-state index contributed by atoms with van der Waals surface area (Å²) in [7, 11) is 2.10. The van der Waals surface area contributed by atoms with Crippen molar-refractivity contribution in [3.63, 3.8) is 0 Å². The molecular weight excluding hydrogens is 266 g/mol. The van der Waals surface area contributed by atoms with Gasteiger partial charge in [0.1, 0.15) is 0 Å². The molecule has 0 aromatic heterocycles. The minimum Gasteiger partial charge on any atom is -0.366 e. The molecule has 5 heteroatoms. The number of rotatable bonds is 3. The molecule has 1 atom stereocenters. The minimum absolute atomic E-state index is 0.0353. The largest absolute Gasteiger partial charge is 0.366 e. The molecule has 1 aliphatic heterocycles. The average molecular weight is 289 g/mol. The summed E-state index contributed by atoms with van der Waals surface area (Å²) in [5.41, 5.74) is 6.26. The molecule has 114 valence electrons. The highest BCUT2D eigenvalue weighted by Crippen LogP contribution is 2.16. The van der Waals surface area contributed by atoms with Gasteiger partial charge in [-0.15, -0.1) is 0 Å². The van der Waals surface area contributed by atoms with Crippen LogP contribution in [0.4, 0.5) is 0 Å². The van der Waals surface area contributed by atoms with E-state index in [2.05, 4.69) is 18.9 Å². The van der Waals surface area contributed by atoms with E-state index in [4.69, 9.17) is 5.73 Å². The average Bonchev–Trinajstić information content (AvgIpc) is 2.67. The van der Waals surface area contributed by atoms with Crippen LogP contribution in [0.1, 0.15) is 40.5 Å². The second kappa shape index (κ2) is 6.72. The summed E-state index contributed by atoms with van der Waals surface area (Å²) >= 11 is 0. The van der Waals surface area contributed by atoms with Gasteiger partial charge < -0.3 is 15.5 Å². The molecule has 2 N–H and O–H groups in total. The van der Waals surface area contributed by atoms with Crippen molar-refractivity contribution in [3.8, 4) is 0 Å². The molecule has 5 nitrogen and oxygen atoms in total. The highest BCUT2D eigenvalue weighted by molar-refractivity contribution is 5.97. The lowest BCUT2D eigenvalue weighted by molar-refractivity contribution is 0.0675. The number of carbonyl (C=O) groups is 2. The Kier molecular flexibility index (Phi) is 4.96. The number of primary amides is 1. The van der Waals surface area contributed by atoms with Crippen LogP contribution < -0.4 is 5.73 Å². The fraction of sp³-hybridized carbons (Fsp3) is 0.500. The van der Waals surface area contributed by atoms with Gasteiger partial charge in [-0.1, -0.05) is 6.92 Å². The van der Waals surface area contributed by atoms with Crippen molar-refractivity contribution in [2.24, 2.45) is 5.73 Å². The number of benzene rings is 1. The van der Waals surface area contributed by atoms with Gasteiger partial charge >= 0.3 is 0 Å². The monoisotopic (exact) mass is 289 g/mol. The van der Waals surface area contributed by atoms with Gasteiger partial charge in [-0.25, -0.2) is 0 Å². The molecule has 1 saturated heterocycles. The number of nitrogens with two attached hydrogens (primary N) is 1. The Morgan fingerprint density at radius 1 is 1.19 bits per heavy atom. The fourth-order valence-corrected chi connectivity index (χ4v) is 2.80. The van der Waals surface area contributed by atoms with Crippen molar-refractivity contribution in [3.05, 3.63) is 35.4 Å². The maximum absolute atomic E-state index is 12.7. The quantitative estimate of drug-likeness (QED) is 0.913. The third-order valence-corrected chi connectivity index (χ3v) is 4.05. The zero-order valence-corrected chi connectivity index (χ0v) is 12.7. The molecule has 1 heterocycles.